The highest BCUT2D eigenvalue weighted by Crippen LogP contribution is 2.61. The first-order chi connectivity index (χ1) is 34.7. The lowest BCUT2D eigenvalue weighted by Crippen LogP contribution is -2.65. The molecule has 0 atom stereocenters. The van der Waals surface area contributed by atoms with Crippen molar-refractivity contribution in [2.24, 2.45) is 0 Å². The van der Waals surface area contributed by atoms with Gasteiger partial charge < -0.3 is 19.6 Å². The first-order valence-electron chi connectivity index (χ1n) is 24.6. The van der Waals surface area contributed by atoms with Crippen molar-refractivity contribution in [1.82, 2.24) is 0 Å². The summed E-state index contributed by atoms with van der Waals surface area (Å²) in [7, 11) is 0. The Morgan fingerprint density at radius 2 is 0.857 bits per heavy atom. The Hall–Kier alpha value is -7.26. The average molecular weight is 1020 g/mol. The minimum atomic E-state index is -0.00555. The summed E-state index contributed by atoms with van der Waals surface area (Å²) in [6.07, 6.45) is 3.32. The molecular formula is C62H43B2IN4S. The minimum absolute atomic E-state index is 0.00555. The fourth-order valence-electron chi connectivity index (χ4n) is 12.6. The first-order valence-corrected chi connectivity index (χ1v) is 26.5. The molecule has 0 fully saturated rings. The van der Waals surface area contributed by atoms with Crippen molar-refractivity contribution < 1.29 is 0 Å². The SMILES string of the molecule is CCCCc1sc(I)c2c1N1c3cccc4c3B(c3ccc(-c5ccccc5)cc3N4c3ccccc3)c3ccc4c(c31)N2c1cccc2c1B4c1cc(-c3ccccc3)ccc1N2c1ccccc1. The maximum Gasteiger partial charge on any atom is 0.252 e. The molecule has 0 spiro atoms. The molecule has 0 amide bonds. The van der Waals surface area contributed by atoms with E-state index in [1.165, 1.54) is 131 Å². The fraction of sp³-hybridized carbons (Fsp3) is 0.0645. The molecule has 0 bridgehead atoms. The zero-order valence-electron chi connectivity index (χ0n) is 38.5. The predicted molar refractivity (Wildman–Crippen MR) is 308 cm³/mol. The summed E-state index contributed by atoms with van der Waals surface area (Å²) in [6.45, 7) is 2.32. The number of fused-ring (bicyclic) bond motifs is 11. The Morgan fingerprint density at radius 1 is 0.386 bits per heavy atom. The quantitative estimate of drug-likeness (QED) is 0.116. The van der Waals surface area contributed by atoms with Gasteiger partial charge in [0.1, 0.15) is 0 Å². The average Bonchev–Trinajstić information content (AvgIpc) is 3.76. The van der Waals surface area contributed by atoms with Crippen molar-refractivity contribution in [2.75, 3.05) is 19.6 Å². The van der Waals surface area contributed by atoms with Crippen LogP contribution in [0.3, 0.4) is 0 Å². The van der Waals surface area contributed by atoms with Crippen LogP contribution in [0.2, 0.25) is 0 Å². The highest BCUT2D eigenvalue weighted by molar-refractivity contribution is 14.1. The molecule has 70 heavy (non-hydrogen) atoms. The third kappa shape index (κ3) is 5.66. The number of benzene rings is 9. The third-order valence-electron chi connectivity index (χ3n) is 15.4. The van der Waals surface area contributed by atoms with Crippen molar-refractivity contribution in [2.45, 2.75) is 26.2 Å². The van der Waals surface area contributed by atoms with E-state index in [2.05, 4.69) is 255 Å². The van der Waals surface area contributed by atoms with E-state index < -0.39 is 0 Å². The predicted octanol–water partition coefficient (Wildman–Crippen LogP) is 13.5. The Labute approximate surface area is 427 Å². The third-order valence-corrected chi connectivity index (χ3v) is 17.6. The second-order valence-electron chi connectivity index (χ2n) is 19.1. The van der Waals surface area contributed by atoms with E-state index in [0.29, 0.717) is 0 Å². The number of unbranched alkanes of at least 4 members (excludes halogenated alkanes) is 1. The second-order valence-corrected chi connectivity index (χ2v) is 22.0. The van der Waals surface area contributed by atoms with Crippen molar-refractivity contribution in [3.05, 3.63) is 214 Å². The van der Waals surface area contributed by atoms with Gasteiger partial charge in [-0.3, -0.25) is 0 Å². The highest BCUT2D eigenvalue weighted by atomic mass is 127. The molecule has 5 aliphatic rings. The van der Waals surface area contributed by atoms with E-state index in [9.17, 15) is 0 Å². The summed E-state index contributed by atoms with van der Waals surface area (Å²) in [5, 5.41) is 0. The molecular weight excluding hydrogens is 981 g/mol. The number of halogens is 1. The molecule has 0 N–H and O–H groups in total. The van der Waals surface area contributed by atoms with Crippen LogP contribution in [-0.2, 0) is 6.42 Å². The van der Waals surface area contributed by atoms with Gasteiger partial charge in [-0.1, -0.05) is 159 Å². The zero-order chi connectivity index (χ0) is 46.2. The van der Waals surface area contributed by atoms with Gasteiger partial charge in [0.15, 0.2) is 0 Å². The lowest BCUT2D eigenvalue weighted by molar-refractivity contribution is 0.803. The molecule has 0 unspecified atom stereocenters. The maximum atomic E-state index is 2.74. The first kappa shape index (κ1) is 40.6. The van der Waals surface area contributed by atoms with Gasteiger partial charge in [0.05, 0.1) is 25.6 Å². The number of hydrogen-bond acceptors (Lipinski definition) is 5. The molecule has 6 heterocycles. The van der Waals surface area contributed by atoms with E-state index in [-0.39, 0.29) is 13.4 Å². The lowest BCUT2D eigenvalue weighted by Gasteiger charge is -2.51. The molecule has 0 aliphatic carbocycles. The van der Waals surface area contributed by atoms with Gasteiger partial charge in [0, 0.05) is 50.4 Å². The summed E-state index contributed by atoms with van der Waals surface area (Å²) in [5.74, 6) is 0. The van der Waals surface area contributed by atoms with E-state index >= 15 is 0 Å². The van der Waals surface area contributed by atoms with Crippen LogP contribution < -0.4 is 52.4 Å². The van der Waals surface area contributed by atoms with Crippen LogP contribution in [0.1, 0.15) is 24.6 Å². The van der Waals surface area contributed by atoms with Gasteiger partial charge in [-0.2, -0.15) is 0 Å². The smallest absolute Gasteiger partial charge is 0.252 e. The summed E-state index contributed by atoms with van der Waals surface area (Å²) >= 11 is 4.67. The number of thiophene rings is 1. The normalized spacial score (nSPS) is 13.9. The molecule has 5 aliphatic heterocycles. The fourth-order valence-corrected chi connectivity index (χ4v) is 14.9. The molecule has 4 nitrogen and oxygen atoms in total. The van der Waals surface area contributed by atoms with Gasteiger partial charge in [-0.25, -0.2) is 0 Å². The van der Waals surface area contributed by atoms with Crippen LogP contribution in [0.15, 0.2) is 206 Å². The standard InChI is InChI=1S/C62H43B2IN4S/c1-2-3-30-55-60-61(62(65)70-55)69-53-29-16-26-50-57(53)64(48-37-41(39-18-8-4-9-19-39)32-36-49(48)66(50)43-22-12-6-13-23-43)47-35-34-46-58(59(47)69)68(60)52-28-17-27-51-56(52)63(46)45-33-31-42(40-20-10-5-11-21-40)38-54(45)67(51)44-24-14-7-15-25-44/h4-29,31-38H,2-3,30H2,1H3. The number of rotatable bonds is 7. The zero-order valence-corrected chi connectivity index (χ0v) is 41.5. The minimum Gasteiger partial charge on any atom is -0.311 e. The number of para-hydroxylation sites is 2. The summed E-state index contributed by atoms with van der Waals surface area (Å²) in [5.41, 5.74) is 28.1. The molecule has 10 aromatic rings. The molecule has 9 aromatic carbocycles. The van der Waals surface area contributed by atoms with Crippen molar-refractivity contribution in [3.8, 4) is 22.3 Å². The monoisotopic (exact) mass is 1020 g/mol. The maximum absolute atomic E-state index is 2.74. The number of nitrogens with zero attached hydrogens (tertiary/aromatic N) is 4. The second kappa shape index (κ2) is 15.6. The Morgan fingerprint density at radius 3 is 1.43 bits per heavy atom. The van der Waals surface area contributed by atoms with Crippen LogP contribution in [0.25, 0.3) is 22.3 Å². The van der Waals surface area contributed by atoms with Gasteiger partial charge in [-0.15, -0.1) is 11.3 Å². The molecule has 0 saturated carbocycles. The molecule has 330 valence electrons. The number of anilines is 12. The van der Waals surface area contributed by atoms with Gasteiger partial charge in [0.2, 0.25) is 0 Å². The van der Waals surface area contributed by atoms with E-state index in [0.717, 1.165) is 19.3 Å². The highest BCUT2D eigenvalue weighted by Gasteiger charge is 2.53. The van der Waals surface area contributed by atoms with Crippen LogP contribution in [-0.4, -0.2) is 13.4 Å². The summed E-state index contributed by atoms with van der Waals surface area (Å²) in [6, 6.07) is 77.4. The summed E-state index contributed by atoms with van der Waals surface area (Å²) < 4.78 is 1.33. The van der Waals surface area contributed by atoms with Crippen molar-refractivity contribution in [3.63, 3.8) is 0 Å². The Balaban J connectivity index is 1.04. The van der Waals surface area contributed by atoms with Crippen molar-refractivity contribution >= 4 is 148 Å². The molecule has 15 rings (SSSR count). The van der Waals surface area contributed by atoms with E-state index in [1.54, 1.807) is 0 Å². The summed E-state index contributed by atoms with van der Waals surface area (Å²) in [4.78, 5) is 12.0. The Bertz CT molecular complexity index is 3770. The van der Waals surface area contributed by atoms with Gasteiger partial charge in [-0.05, 0) is 151 Å². The molecule has 0 saturated heterocycles. The van der Waals surface area contributed by atoms with E-state index in [1.807, 2.05) is 11.3 Å². The van der Waals surface area contributed by atoms with Crippen LogP contribution >= 0.6 is 33.9 Å². The number of aryl methyl sites for hydroxylation is 1. The largest absolute Gasteiger partial charge is 0.311 e. The number of hydrogen-bond donors (Lipinski definition) is 0. The van der Waals surface area contributed by atoms with Crippen molar-refractivity contribution in [1.29, 1.82) is 0 Å². The van der Waals surface area contributed by atoms with E-state index in [4.69, 9.17) is 0 Å². The molecule has 8 heteroatoms. The van der Waals surface area contributed by atoms with Crippen LogP contribution in [0.5, 0.6) is 0 Å². The van der Waals surface area contributed by atoms with Gasteiger partial charge in [0.25, 0.3) is 13.4 Å². The lowest BCUT2D eigenvalue weighted by atomic mass is 9.31. The van der Waals surface area contributed by atoms with Crippen LogP contribution in [0, 0.1) is 2.88 Å². The topological polar surface area (TPSA) is 13.0 Å². The van der Waals surface area contributed by atoms with Crippen LogP contribution in [0.4, 0.5) is 68.2 Å². The Kier molecular flexibility index (Phi) is 9.06. The van der Waals surface area contributed by atoms with Gasteiger partial charge >= 0.3 is 0 Å². The molecule has 0 radical (unpaired) electrons. The molecule has 1 aromatic heterocycles.